The van der Waals surface area contributed by atoms with Crippen LogP contribution in [0.1, 0.15) is 60.5 Å². The van der Waals surface area contributed by atoms with Crippen LogP contribution >= 0.6 is 0 Å². The number of aliphatic hydroxyl groups excluding tert-OH is 1. The van der Waals surface area contributed by atoms with Gasteiger partial charge in [0.25, 0.3) is 11.5 Å². The smallest absolute Gasteiger partial charge is 0.263 e. The highest BCUT2D eigenvalue weighted by Gasteiger charge is 2.30. The van der Waals surface area contributed by atoms with E-state index in [1.165, 1.54) is 6.26 Å². The summed E-state index contributed by atoms with van der Waals surface area (Å²) in [5.41, 5.74) is 0.553. The highest BCUT2D eigenvalue weighted by Crippen LogP contribution is 2.28. The molecule has 8 heteroatoms. The molecule has 28 heavy (non-hydrogen) atoms. The predicted octanol–water partition coefficient (Wildman–Crippen LogP) is 1.53. The van der Waals surface area contributed by atoms with Crippen molar-refractivity contribution in [1.82, 2.24) is 9.47 Å². The highest BCUT2D eigenvalue weighted by molar-refractivity contribution is 7.90. The summed E-state index contributed by atoms with van der Waals surface area (Å²) < 4.78 is 24.9. The molecular formula is C20H30N2O5S. The molecule has 0 spiro atoms. The SMILES string of the molecule is Cc1ccn(C2CCC(O)CC2)c(=O)c1C(=O)N1CCCC(CS(C)(=O)=O)C1. The van der Waals surface area contributed by atoms with Gasteiger partial charge in [-0.3, -0.25) is 9.59 Å². The average molecular weight is 411 g/mol. The molecule has 1 saturated carbocycles. The maximum absolute atomic E-state index is 13.2. The van der Waals surface area contributed by atoms with Crippen LogP contribution < -0.4 is 5.56 Å². The first-order valence-electron chi connectivity index (χ1n) is 10.0. The molecule has 1 N–H and O–H groups in total. The lowest BCUT2D eigenvalue weighted by molar-refractivity contribution is 0.0679. The van der Waals surface area contributed by atoms with Crippen molar-refractivity contribution in [2.24, 2.45) is 5.92 Å². The van der Waals surface area contributed by atoms with E-state index in [1.807, 2.05) is 0 Å². The van der Waals surface area contributed by atoms with E-state index >= 15 is 0 Å². The zero-order chi connectivity index (χ0) is 20.5. The molecule has 1 aromatic rings. The fraction of sp³-hybridized carbons (Fsp3) is 0.700. The summed E-state index contributed by atoms with van der Waals surface area (Å²) in [5.74, 6) is -0.316. The van der Waals surface area contributed by atoms with Gasteiger partial charge in [-0.05, 0) is 63.0 Å². The summed E-state index contributed by atoms with van der Waals surface area (Å²) in [6.07, 6.45) is 6.94. The van der Waals surface area contributed by atoms with Gasteiger partial charge in [-0.2, -0.15) is 0 Å². The molecule has 156 valence electrons. The number of pyridine rings is 1. The largest absolute Gasteiger partial charge is 0.393 e. The molecule has 1 aromatic heterocycles. The Kier molecular flexibility index (Phi) is 6.29. The molecule has 0 bridgehead atoms. The van der Waals surface area contributed by atoms with Crippen LogP contribution in [0.15, 0.2) is 17.1 Å². The number of piperidine rings is 1. The standard InChI is InChI=1S/C20H30N2O5S/c1-14-9-11-22(16-5-7-17(23)8-6-16)20(25)18(14)19(24)21-10-3-4-15(12-21)13-28(2,26)27/h9,11,15-17,23H,3-8,10,12-13H2,1-2H3. The number of hydrogen-bond donors (Lipinski definition) is 1. The van der Waals surface area contributed by atoms with Crippen LogP contribution in [0, 0.1) is 12.8 Å². The Hall–Kier alpha value is -1.67. The normalized spacial score (nSPS) is 26.2. The molecule has 0 radical (unpaired) electrons. The lowest BCUT2D eigenvalue weighted by Crippen LogP contribution is -2.44. The second-order valence-corrected chi connectivity index (χ2v) is 10.6. The van der Waals surface area contributed by atoms with Gasteiger partial charge in [0.15, 0.2) is 0 Å². The van der Waals surface area contributed by atoms with Crippen LogP contribution in [0.5, 0.6) is 0 Å². The third-order valence-electron chi connectivity index (χ3n) is 5.95. The number of carbonyl (C=O) groups is 1. The van der Waals surface area contributed by atoms with Crippen molar-refractivity contribution in [2.75, 3.05) is 25.1 Å². The summed E-state index contributed by atoms with van der Waals surface area (Å²) in [7, 11) is -3.10. The van der Waals surface area contributed by atoms with Crippen LogP contribution in [-0.2, 0) is 9.84 Å². The van der Waals surface area contributed by atoms with Crippen molar-refractivity contribution in [3.8, 4) is 0 Å². The Balaban J connectivity index is 1.83. The van der Waals surface area contributed by atoms with E-state index in [1.54, 1.807) is 28.7 Å². The molecule has 2 fully saturated rings. The third kappa shape index (κ3) is 4.84. The Bertz CT molecular complexity index is 884. The van der Waals surface area contributed by atoms with E-state index < -0.39 is 9.84 Å². The van der Waals surface area contributed by atoms with Crippen LogP contribution in [0.3, 0.4) is 0 Å². The minimum absolute atomic E-state index is 0.00221. The Morgan fingerprint density at radius 3 is 2.54 bits per heavy atom. The van der Waals surface area contributed by atoms with Gasteiger partial charge in [0, 0.05) is 31.6 Å². The molecule has 2 aliphatic rings. The summed E-state index contributed by atoms with van der Waals surface area (Å²) in [4.78, 5) is 27.9. The van der Waals surface area contributed by atoms with Crippen LogP contribution in [0.4, 0.5) is 0 Å². The Morgan fingerprint density at radius 1 is 1.21 bits per heavy atom. The summed E-state index contributed by atoms with van der Waals surface area (Å²) >= 11 is 0. The number of amides is 1. The van der Waals surface area contributed by atoms with E-state index in [2.05, 4.69) is 0 Å². The summed E-state index contributed by atoms with van der Waals surface area (Å²) in [6.45, 7) is 2.68. The van der Waals surface area contributed by atoms with E-state index in [-0.39, 0.29) is 40.8 Å². The summed E-state index contributed by atoms with van der Waals surface area (Å²) in [5, 5.41) is 9.71. The third-order valence-corrected chi connectivity index (χ3v) is 7.02. The number of carbonyl (C=O) groups excluding carboxylic acids is 1. The molecule has 1 aliphatic heterocycles. The minimum Gasteiger partial charge on any atom is -0.393 e. The molecule has 1 aliphatic carbocycles. The zero-order valence-electron chi connectivity index (χ0n) is 16.6. The first-order valence-corrected chi connectivity index (χ1v) is 12.1. The molecule has 1 saturated heterocycles. The van der Waals surface area contributed by atoms with E-state index in [0.29, 0.717) is 31.5 Å². The number of aliphatic hydroxyl groups is 1. The lowest BCUT2D eigenvalue weighted by Gasteiger charge is -2.33. The average Bonchev–Trinajstić information content (AvgIpc) is 2.61. The molecular weight excluding hydrogens is 380 g/mol. The van der Waals surface area contributed by atoms with Crippen molar-refractivity contribution in [3.05, 3.63) is 33.7 Å². The number of rotatable bonds is 4. The number of aromatic nitrogens is 1. The maximum Gasteiger partial charge on any atom is 0.263 e. The topological polar surface area (TPSA) is 96.7 Å². The summed E-state index contributed by atoms with van der Waals surface area (Å²) in [6, 6.07) is 1.81. The predicted molar refractivity (Wildman–Crippen MR) is 107 cm³/mol. The lowest BCUT2D eigenvalue weighted by atomic mass is 9.92. The monoisotopic (exact) mass is 410 g/mol. The van der Waals surface area contributed by atoms with Gasteiger partial charge in [-0.15, -0.1) is 0 Å². The van der Waals surface area contributed by atoms with E-state index in [0.717, 1.165) is 25.7 Å². The Morgan fingerprint density at radius 2 is 1.89 bits per heavy atom. The molecule has 1 atom stereocenters. The van der Waals surface area contributed by atoms with Gasteiger partial charge in [0.2, 0.25) is 0 Å². The quantitative estimate of drug-likeness (QED) is 0.812. The van der Waals surface area contributed by atoms with Crippen molar-refractivity contribution >= 4 is 15.7 Å². The molecule has 3 rings (SSSR count). The van der Waals surface area contributed by atoms with E-state index in [9.17, 15) is 23.1 Å². The maximum atomic E-state index is 13.2. The van der Waals surface area contributed by atoms with Gasteiger partial charge in [0.1, 0.15) is 15.4 Å². The van der Waals surface area contributed by atoms with Crippen LogP contribution in [0.2, 0.25) is 0 Å². The van der Waals surface area contributed by atoms with Crippen LogP contribution in [-0.4, -0.2) is 60.1 Å². The number of likely N-dealkylation sites (tertiary alicyclic amines) is 1. The second-order valence-electron chi connectivity index (χ2n) is 8.40. The van der Waals surface area contributed by atoms with Gasteiger partial charge in [-0.1, -0.05) is 0 Å². The highest BCUT2D eigenvalue weighted by atomic mass is 32.2. The van der Waals surface area contributed by atoms with Gasteiger partial charge >= 0.3 is 0 Å². The Labute approximate surface area is 166 Å². The second kappa shape index (κ2) is 8.37. The molecule has 1 unspecified atom stereocenters. The van der Waals surface area contributed by atoms with Crippen molar-refractivity contribution in [3.63, 3.8) is 0 Å². The fourth-order valence-corrected chi connectivity index (χ4v) is 5.63. The number of sulfone groups is 1. The van der Waals surface area contributed by atoms with Crippen molar-refractivity contribution in [2.45, 2.75) is 57.6 Å². The van der Waals surface area contributed by atoms with Gasteiger partial charge in [0.05, 0.1) is 11.9 Å². The number of hydrogen-bond acceptors (Lipinski definition) is 5. The molecule has 0 aromatic carbocycles. The van der Waals surface area contributed by atoms with Crippen molar-refractivity contribution < 1.29 is 18.3 Å². The first-order chi connectivity index (χ1) is 13.2. The fourth-order valence-electron chi connectivity index (χ4n) is 4.50. The minimum atomic E-state index is -3.10. The number of nitrogens with zero attached hydrogens (tertiary/aromatic N) is 2. The number of aryl methyl sites for hydroxylation is 1. The molecule has 2 heterocycles. The molecule has 7 nitrogen and oxygen atoms in total. The van der Waals surface area contributed by atoms with Gasteiger partial charge in [-0.25, -0.2) is 8.42 Å². The van der Waals surface area contributed by atoms with E-state index in [4.69, 9.17) is 0 Å². The first kappa shape index (κ1) is 21.0. The van der Waals surface area contributed by atoms with Gasteiger partial charge < -0.3 is 14.6 Å². The zero-order valence-corrected chi connectivity index (χ0v) is 17.5. The molecule has 1 amide bonds. The van der Waals surface area contributed by atoms with Crippen LogP contribution in [0.25, 0.3) is 0 Å². The van der Waals surface area contributed by atoms with Crippen molar-refractivity contribution in [1.29, 1.82) is 0 Å².